The number of hydrogen-bond acceptors (Lipinski definition) is 6. The molecule has 2 aromatic rings. The Labute approximate surface area is 138 Å². The third kappa shape index (κ3) is 5.42. The Balaban J connectivity index is 1.84. The van der Waals surface area contributed by atoms with E-state index in [1.165, 1.54) is 18.4 Å². The number of aryl methyl sites for hydroxylation is 1. The molecule has 8 heteroatoms. The SMILES string of the molecule is COCC(=O)NCCC(=O)Nc1nnc(-c2cccc(C)c2)s1. The Morgan fingerprint density at radius 1 is 1.26 bits per heavy atom. The first kappa shape index (κ1) is 17.0. The molecule has 7 nitrogen and oxygen atoms in total. The molecule has 0 aliphatic rings. The van der Waals surface area contributed by atoms with Crippen LogP contribution in [0.25, 0.3) is 10.6 Å². The van der Waals surface area contributed by atoms with Crippen LogP contribution in [0.2, 0.25) is 0 Å². The minimum atomic E-state index is -0.252. The first-order valence-electron chi connectivity index (χ1n) is 7.04. The van der Waals surface area contributed by atoms with Crippen molar-refractivity contribution in [1.29, 1.82) is 0 Å². The number of methoxy groups -OCH3 is 1. The lowest BCUT2D eigenvalue weighted by Crippen LogP contribution is -2.30. The van der Waals surface area contributed by atoms with Crippen LogP contribution in [-0.2, 0) is 14.3 Å². The predicted octanol–water partition coefficient (Wildman–Crippen LogP) is 1.60. The molecule has 2 rings (SSSR count). The summed E-state index contributed by atoms with van der Waals surface area (Å²) in [6, 6.07) is 7.92. The standard InChI is InChI=1S/C15H18N4O3S/c1-10-4-3-5-11(8-10)14-18-19-15(23-14)17-12(20)6-7-16-13(21)9-22-2/h3-5,8H,6-7,9H2,1-2H3,(H,16,21)(H,17,19,20). The Kier molecular flexibility index (Phi) is 6.19. The molecule has 2 N–H and O–H groups in total. The minimum absolute atomic E-state index is 0.0160. The van der Waals surface area contributed by atoms with Crippen molar-refractivity contribution in [2.24, 2.45) is 0 Å². The van der Waals surface area contributed by atoms with E-state index in [1.54, 1.807) is 0 Å². The Bertz CT molecular complexity index is 687. The summed E-state index contributed by atoms with van der Waals surface area (Å²) in [5, 5.41) is 14.5. The molecule has 0 fully saturated rings. The van der Waals surface area contributed by atoms with Gasteiger partial charge in [-0.3, -0.25) is 9.59 Å². The lowest BCUT2D eigenvalue weighted by molar-refractivity contribution is -0.124. The van der Waals surface area contributed by atoms with Gasteiger partial charge in [0.2, 0.25) is 16.9 Å². The summed E-state index contributed by atoms with van der Waals surface area (Å²) < 4.78 is 4.68. The normalized spacial score (nSPS) is 10.3. The van der Waals surface area contributed by atoms with Gasteiger partial charge in [-0.2, -0.15) is 0 Å². The number of nitrogens with zero attached hydrogens (tertiary/aromatic N) is 2. The number of rotatable bonds is 7. The van der Waals surface area contributed by atoms with Gasteiger partial charge in [-0.05, 0) is 13.0 Å². The van der Waals surface area contributed by atoms with E-state index < -0.39 is 0 Å². The van der Waals surface area contributed by atoms with Crippen LogP contribution >= 0.6 is 11.3 Å². The van der Waals surface area contributed by atoms with Crippen LogP contribution in [0.5, 0.6) is 0 Å². The summed E-state index contributed by atoms with van der Waals surface area (Å²) in [6.45, 7) is 2.24. The van der Waals surface area contributed by atoms with Gasteiger partial charge in [0.25, 0.3) is 0 Å². The van der Waals surface area contributed by atoms with Gasteiger partial charge in [-0.15, -0.1) is 10.2 Å². The van der Waals surface area contributed by atoms with Gasteiger partial charge in [-0.1, -0.05) is 35.1 Å². The maximum Gasteiger partial charge on any atom is 0.245 e. The molecule has 1 heterocycles. The van der Waals surface area contributed by atoms with E-state index in [4.69, 9.17) is 0 Å². The number of carbonyl (C=O) groups is 2. The number of aromatic nitrogens is 2. The van der Waals surface area contributed by atoms with E-state index in [9.17, 15) is 9.59 Å². The van der Waals surface area contributed by atoms with E-state index in [1.807, 2.05) is 31.2 Å². The molecule has 0 atom stereocenters. The maximum absolute atomic E-state index is 11.8. The predicted molar refractivity (Wildman–Crippen MR) is 88.2 cm³/mol. The highest BCUT2D eigenvalue weighted by Gasteiger charge is 2.10. The quantitative estimate of drug-likeness (QED) is 0.802. The van der Waals surface area contributed by atoms with Gasteiger partial charge in [0.05, 0.1) is 0 Å². The van der Waals surface area contributed by atoms with Crippen molar-refractivity contribution >= 4 is 28.3 Å². The van der Waals surface area contributed by atoms with Crippen molar-refractivity contribution in [3.63, 3.8) is 0 Å². The first-order chi connectivity index (χ1) is 11.1. The van der Waals surface area contributed by atoms with Gasteiger partial charge in [0.15, 0.2) is 0 Å². The van der Waals surface area contributed by atoms with Crippen molar-refractivity contribution in [3.05, 3.63) is 29.8 Å². The molecule has 0 unspecified atom stereocenters. The topological polar surface area (TPSA) is 93.2 Å². The molecule has 0 saturated carbocycles. The van der Waals surface area contributed by atoms with Crippen LogP contribution in [0.15, 0.2) is 24.3 Å². The number of hydrogen-bond donors (Lipinski definition) is 2. The molecule has 122 valence electrons. The van der Waals surface area contributed by atoms with Crippen molar-refractivity contribution in [2.45, 2.75) is 13.3 Å². The third-order valence-electron chi connectivity index (χ3n) is 2.89. The molecular formula is C15H18N4O3S. The van der Waals surface area contributed by atoms with Gasteiger partial charge >= 0.3 is 0 Å². The van der Waals surface area contributed by atoms with Gasteiger partial charge in [0, 0.05) is 25.6 Å². The smallest absolute Gasteiger partial charge is 0.245 e. The molecule has 1 aromatic carbocycles. The number of amides is 2. The summed E-state index contributed by atoms with van der Waals surface area (Å²) in [7, 11) is 1.44. The number of ether oxygens (including phenoxy) is 1. The molecule has 0 aliphatic heterocycles. The monoisotopic (exact) mass is 334 g/mol. The average Bonchev–Trinajstić information content (AvgIpc) is 2.96. The number of anilines is 1. The van der Waals surface area contributed by atoms with E-state index in [0.717, 1.165) is 16.1 Å². The summed E-state index contributed by atoms with van der Waals surface area (Å²) >= 11 is 1.31. The fraction of sp³-hybridized carbons (Fsp3) is 0.333. The number of nitrogens with one attached hydrogen (secondary N) is 2. The fourth-order valence-electron chi connectivity index (χ4n) is 1.85. The Morgan fingerprint density at radius 2 is 2.09 bits per heavy atom. The van der Waals surface area contributed by atoms with Crippen LogP contribution in [0.3, 0.4) is 0 Å². The third-order valence-corrected chi connectivity index (χ3v) is 3.77. The Hall–Kier alpha value is -2.32. The summed E-state index contributed by atoms with van der Waals surface area (Å²) in [6.07, 6.45) is 0.162. The van der Waals surface area contributed by atoms with Crippen molar-refractivity contribution in [2.75, 3.05) is 25.6 Å². The van der Waals surface area contributed by atoms with Crippen LogP contribution in [0.1, 0.15) is 12.0 Å². The van der Waals surface area contributed by atoms with Crippen LogP contribution in [0, 0.1) is 6.92 Å². The van der Waals surface area contributed by atoms with Crippen LogP contribution in [-0.4, -0.2) is 42.3 Å². The Morgan fingerprint density at radius 3 is 2.83 bits per heavy atom. The molecule has 23 heavy (non-hydrogen) atoms. The zero-order chi connectivity index (χ0) is 16.7. The highest BCUT2D eigenvalue weighted by atomic mass is 32.1. The van der Waals surface area contributed by atoms with Gasteiger partial charge in [0.1, 0.15) is 11.6 Å². The molecule has 0 aliphatic carbocycles. The van der Waals surface area contributed by atoms with E-state index in [2.05, 4.69) is 25.6 Å². The van der Waals surface area contributed by atoms with Gasteiger partial charge in [-0.25, -0.2) is 0 Å². The van der Waals surface area contributed by atoms with Crippen LogP contribution in [0.4, 0.5) is 5.13 Å². The van der Waals surface area contributed by atoms with Crippen molar-refractivity contribution in [3.8, 4) is 10.6 Å². The fourth-order valence-corrected chi connectivity index (χ4v) is 2.60. The van der Waals surface area contributed by atoms with Crippen LogP contribution < -0.4 is 10.6 Å². The average molecular weight is 334 g/mol. The highest BCUT2D eigenvalue weighted by molar-refractivity contribution is 7.18. The highest BCUT2D eigenvalue weighted by Crippen LogP contribution is 2.26. The second kappa shape index (κ2) is 8.35. The molecule has 2 amide bonds. The first-order valence-corrected chi connectivity index (χ1v) is 7.86. The second-order valence-electron chi connectivity index (χ2n) is 4.86. The zero-order valence-corrected chi connectivity index (χ0v) is 13.8. The molecule has 0 spiro atoms. The van der Waals surface area contributed by atoms with E-state index >= 15 is 0 Å². The van der Waals surface area contributed by atoms with Crippen molar-refractivity contribution < 1.29 is 14.3 Å². The lowest BCUT2D eigenvalue weighted by atomic mass is 10.1. The zero-order valence-electron chi connectivity index (χ0n) is 13.0. The van der Waals surface area contributed by atoms with E-state index in [0.29, 0.717) is 5.13 Å². The number of carbonyl (C=O) groups excluding carboxylic acids is 2. The summed E-state index contributed by atoms with van der Waals surface area (Å²) in [5.41, 5.74) is 2.10. The second-order valence-corrected chi connectivity index (χ2v) is 5.84. The van der Waals surface area contributed by atoms with E-state index in [-0.39, 0.29) is 31.4 Å². The summed E-state index contributed by atoms with van der Waals surface area (Å²) in [4.78, 5) is 23.0. The minimum Gasteiger partial charge on any atom is -0.375 e. The lowest BCUT2D eigenvalue weighted by Gasteiger charge is -2.03. The van der Waals surface area contributed by atoms with Crippen molar-refractivity contribution in [1.82, 2.24) is 15.5 Å². The molecular weight excluding hydrogens is 316 g/mol. The number of benzene rings is 1. The molecule has 0 saturated heterocycles. The molecule has 0 radical (unpaired) electrons. The maximum atomic E-state index is 11.8. The molecule has 1 aromatic heterocycles. The van der Waals surface area contributed by atoms with Gasteiger partial charge < -0.3 is 15.4 Å². The largest absolute Gasteiger partial charge is 0.375 e. The summed E-state index contributed by atoms with van der Waals surface area (Å²) in [5.74, 6) is -0.479. The molecule has 0 bridgehead atoms.